The van der Waals surface area contributed by atoms with Crippen LogP contribution in [0.5, 0.6) is 0 Å². The molecule has 2 heterocycles. The van der Waals surface area contributed by atoms with Gasteiger partial charge in [-0.1, -0.05) is 6.92 Å². The van der Waals surface area contributed by atoms with Crippen LogP contribution in [-0.2, 0) is 13.1 Å². The molecule has 0 saturated carbocycles. The summed E-state index contributed by atoms with van der Waals surface area (Å²) in [5.41, 5.74) is 0. The van der Waals surface area contributed by atoms with Gasteiger partial charge in [0.15, 0.2) is 0 Å². The summed E-state index contributed by atoms with van der Waals surface area (Å²) in [6.45, 7) is 8.12. The lowest BCUT2D eigenvalue weighted by molar-refractivity contribution is 0.177. The predicted octanol–water partition coefficient (Wildman–Crippen LogP) is 2.38. The van der Waals surface area contributed by atoms with Crippen molar-refractivity contribution in [2.45, 2.75) is 38.9 Å². The fourth-order valence-electron chi connectivity index (χ4n) is 2.86. The number of nitrogens with one attached hydrogen (secondary N) is 1. The Morgan fingerprint density at radius 2 is 2.11 bits per heavy atom. The van der Waals surface area contributed by atoms with Crippen LogP contribution in [0, 0.1) is 0 Å². The summed E-state index contributed by atoms with van der Waals surface area (Å²) in [4.78, 5) is 8.11. The first-order valence-corrected chi connectivity index (χ1v) is 8.19. The highest BCUT2D eigenvalue weighted by atomic mass is 32.1. The highest BCUT2D eigenvalue weighted by Crippen LogP contribution is 2.21. The Bertz CT molecular complexity index is 377. The Morgan fingerprint density at radius 1 is 1.32 bits per heavy atom. The topological polar surface area (TPSA) is 18.5 Å². The van der Waals surface area contributed by atoms with Crippen LogP contribution in [0.3, 0.4) is 0 Å². The van der Waals surface area contributed by atoms with Crippen LogP contribution < -0.4 is 5.32 Å². The smallest absolute Gasteiger partial charge is 0.0331 e. The first kappa shape index (κ1) is 15.0. The second-order valence-electron chi connectivity index (χ2n) is 5.55. The minimum Gasteiger partial charge on any atom is -0.315 e. The maximum Gasteiger partial charge on any atom is 0.0331 e. The van der Waals surface area contributed by atoms with Gasteiger partial charge in [-0.2, -0.15) is 0 Å². The fourth-order valence-corrected chi connectivity index (χ4v) is 3.92. The van der Waals surface area contributed by atoms with Crippen LogP contribution in [0.2, 0.25) is 0 Å². The molecule has 1 aromatic heterocycles. The molecule has 0 spiro atoms. The third kappa shape index (κ3) is 4.28. The summed E-state index contributed by atoms with van der Waals surface area (Å²) in [6, 6.07) is 5.28. The number of hydrogen-bond acceptors (Lipinski definition) is 4. The molecule has 1 saturated heterocycles. The molecule has 1 unspecified atom stereocenters. The molecule has 108 valence electrons. The van der Waals surface area contributed by atoms with Crippen molar-refractivity contribution in [2.24, 2.45) is 0 Å². The molecule has 1 N–H and O–H groups in total. The minimum absolute atomic E-state index is 0.711. The summed E-state index contributed by atoms with van der Waals surface area (Å²) in [6.07, 6.45) is 2.54. The maximum absolute atomic E-state index is 3.23. The van der Waals surface area contributed by atoms with E-state index >= 15 is 0 Å². The first-order valence-electron chi connectivity index (χ1n) is 7.37. The van der Waals surface area contributed by atoms with Gasteiger partial charge in [-0.3, -0.25) is 4.90 Å². The van der Waals surface area contributed by atoms with E-state index in [-0.39, 0.29) is 0 Å². The Morgan fingerprint density at radius 3 is 2.84 bits per heavy atom. The quantitative estimate of drug-likeness (QED) is 0.894. The zero-order chi connectivity index (χ0) is 13.7. The van der Waals surface area contributed by atoms with Crippen LogP contribution >= 0.6 is 11.3 Å². The zero-order valence-corrected chi connectivity index (χ0v) is 13.3. The molecule has 0 aliphatic carbocycles. The van der Waals surface area contributed by atoms with Gasteiger partial charge in [0.1, 0.15) is 0 Å². The Hall–Kier alpha value is -0.420. The number of nitrogens with zero attached hydrogens (tertiary/aromatic N) is 2. The number of rotatable bonds is 5. The van der Waals surface area contributed by atoms with Gasteiger partial charge in [0.05, 0.1) is 0 Å². The standard InChI is InChI=1S/C15H27N3S/c1-4-13-11-17(3)8-5-9-18(13)12-15-7-6-14(19-15)10-16-2/h6-7,13,16H,4-5,8-12H2,1-3H3. The van der Waals surface area contributed by atoms with Gasteiger partial charge in [0.2, 0.25) is 0 Å². The highest BCUT2D eigenvalue weighted by Gasteiger charge is 2.22. The third-order valence-corrected chi connectivity index (χ3v) is 4.99. The molecular weight excluding hydrogens is 254 g/mol. The summed E-state index contributed by atoms with van der Waals surface area (Å²) < 4.78 is 0. The lowest BCUT2D eigenvalue weighted by atomic mass is 10.2. The van der Waals surface area contributed by atoms with Gasteiger partial charge in [0.25, 0.3) is 0 Å². The molecule has 0 radical (unpaired) electrons. The summed E-state index contributed by atoms with van der Waals surface area (Å²) in [5, 5.41) is 3.23. The Kier molecular flexibility index (Phi) is 5.82. The van der Waals surface area contributed by atoms with Gasteiger partial charge >= 0.3 is 0 Å². The van der Waals surface area contributed by atoms with Crippen molar-refractivity contribution in [2.75, 3.05) is 33.7 Å². The molecule has 3 nitrogen and oxygen atoms in total. The summed E-state index contributed by atoms with van der Waals surface area (Å²) in [7, 11) is 4.26. The average molecular weight is 281 g/mol. The van der Waals surface area contributed by atoms with Gasteiger partial charge in [-0.05, 0) is 45.6 Å². The Labute approximate surface area is 121 Å². The maximum atomic E-state index is 3.23. The minimum atomic E-state index is 0.711. The molecule has 2 rings (SSSR count). The van der Waals surface area contributed by atoms with Crippen molar-refractivity contribution in [3.05, 3.63) is 21.9 Å². The largest absolute Gasteiger partial charge is 0.315 e. The van der Waals surface area contributed by atoms with Crippen LogP contribution in [0.25, 0.3) is 0 Å². The van der Waals surface area contributed by atoms with E-state index in [0.29, 0.717) is 6.04 Å². The van der Waals surface area contributed by atoms with E-state index in [9.17, 15) is 0 Å². The second kappa shape index (κ2) is 7.39. The molecule has 1 aromatic rings. The van der Waals surface area contributed by atoms with Crippen molar-refractivity contribution in [1.29, 1.82) is 0 Å². The van der Waals surface area contributed by atoms with Crippen LogP contribution in [0.15, 0.2) is 12.1 Å². The van der Waals surface area contributed by atoms with Gasteiger partial charge in [-0.15, -0.1) is 11.3 Å². The highest BCUT2D eigenvalue weighted by molar-refractivity contribution is 7.11. The van der Waals surface area contributed by atoms with Gasteiger partial charge in [-0.25, -0.2) is 0 Å². The van der Waals surface area contributed by atoms with E-state index in [4.69, 9.17) is 0 Å². The summed E-state index contributed by atoms with van der Waals surface area (Å²) >= 11 is 1.95. The number of thiophene rings is 1. The number of hydrogen-bond donors (Lipinski definition) is 1. The third-order valence-electron chi connectivity index (χ3n) is 3.92. The van der Waals surface area contributed by atoms with E-state index in [1.165, 1.54) is 42.2 Å². The van der Waals surface area contributed by atoms with Crippen molar-refractivity contribution in [1.82, 2.24) is 15.1 Å². The molecule has 1 aliphatic rings. The number of likely N-dealkylation sites (N-methyl/N-ethyl adjacent to an activating group) is 1. The predicted molar refractivity (Wildman–Crippen MR) is 83.7 cm³/mol. The zero-order valence-electron chi connectivity index (χ0n) is 12.5. The normalized spacial score (nSPS) is 22.6. The first-order chi connectivity index (χ1) is 9.22. The molecule has 1 atom stereocenters. The average Bonchev–Trinajstić information content (AvgIpc) is 2.74. The molecule has 0 amide bonds. The SMILES string of the molecule is CCC1CN(C)CCCN1Cc1ccc(CNC)s1. The van der Waals surface area contributed by atoms with Crippen molar-refractivity contribution < 1.29 is 0 Å². The van der Waals surface area contributed by atoms with Gasteiger partial charge < -0.3 is 10.2 Å². The molecule has 1 fully saturated rings. The lowest BCUT2D eigenvalue weighted by Crippen LogP contribution is -2.39. The van der Waals surface area contributed by atoms with E-state index in [1.807, 2.05) is 18.4 Å². The molecule has 4 heteroatoms. The van der Waals surface area contributed by atoms with Crippen LogP contribution in [0.4, 0.5) is 0 Å². The van der Waals surface area contributed by atoms with Gasteiger partial charge in [0, 0.05) is 42.0 Å². The molecule has 19 heavy (non-hydrogen) atoms. The summed E-state index contributed by atoms with van der Waals surface area (Å²) in [5.74, 6) is 0. The lowest BCUT2D eigenvalue weighted by Gasteiger charge is -2.29. The fraction of sp³-hybridized carbons (Fsp3) is 0.733. The van der Waals surface area contributed by atoms with E-state index in [1.54, 1.807) is 0 Å². The van der Waals surface area contributed by atoms with E-state index < -0.39 is 0 Å². The van der Waals surface area contributed by atoms with Crippen molar-refractivity contribution in [3.63, 3.8) is 0 Å². The van der Waals surface area contributed by atoms with Crippen LogP contribution in [0.1, 0.15) is 29.5 Å². The Balaban J connectivity index is 1.98. The molecule has 0 aromatic carbocycles. The molecular formula is C15H27N3S. The van der Waals surface area contributed by atoms with Crippen LogP contribution in [-0.4, -0.2) is 49.6 Å². The van der Waals surface area contributed by atoms with E-state index in [0.717, 1.165) is 13.1 Å². The molecule has 0 bridgehead atoms. The van der Waals surface area contributed by atoms with Crippen molar-refractivity contribution >= 4 is 11.3 Å². The monoisotopic (exact) mass is 281 g/mol. The van der Waals surface area contributed by atoms with Crippen molar-refractivity contribution in [3.8, 4) is 0 Å². The van der Waals surface area contributed by atoms with E-state index in [2.05, 4.69) is 41.2 Å². The molecule has 1 aliphatic heterocycles. The second-order valence-corrected chi connectivity index (χ2v) is 6.80.